The number of hydrogen-bond acceptors (Lipinski definition) is 6. The Kier molecular flexibility index (Phi) is 4.17. The minimum Gasteiger partial charge on any atom is -0.495 e. The number of sulfonamides is 1. The molecule has 0 radical (unpaired) electrons. The van der Waals surface area contributed by atoms with Gasteiger partial charge >= 0.3 is 0 Å². The summed E-state index contributed by atoms with van der Waals surface area (Å²) in [5.74, 6) is -0.0728. The van der Waals surface area contributed by atoms with Gasteiger partial charge in [0, 0.05) is 18.2 Å². The summed E-state index contributed by atoms with van der Waals surface area (Å²) >= 11 is 0. The average Bonchev–Trinajstić information content (AvgIpc) is 2.42. The lowest BCUT2D eigenvalue weighted by Crippen LogP contribution is -2.54. The van der Waals surface area contributed by atoms with Crippen molar-refractivity contribution in [1.29, 1.82) is 0 Å². The van der Waals surface area contributed by atoms with Gasteiger partial charge in [-0.25, -0.2) is 13.1 Å². The number of nitro groups is 1. The molecule has 1 saturated carbocycles. The first-order valence-electron chi connectivity index (χ1n) is 6.38. The van der Waals surface area contributed by atoms with E-state index in [9.17, 15) is 18.5 Å². The number of benzene rings is 1. The maximum Gasteiger partial charge on any atom is 0.273 e. The number of nitrogens with zero attached hydrogens (tertiary/aromatic N) is 1. The Labute approximate surface area is 122 Å². The lowest BCUT2D eigenvalue weighted by Gasteiger charge is -2.38. The van der Waals surface area contributed by atoms with E-state index in [1.54, 1.807) is 0 Å². The Hall–Kier alpha value is -1.71. The molecule has 0 unspecified atom stereocenters. The van der Waals surface area contributed by atoms with Crippen LogP contribution in [0.15, 0.2) is 23.1 Å². The van der Waals surface area contributed by atoms with Crippen LogP contribution < -0.4 is 15.2 Å². The van der Waals surface area contributed by atoms with Crippen LogP contribution in [0.2, 0.25) is 0 Å². The lowest BCUT2D eigenvalue weighted by atomic mass is 9.78. The molecule has 0 amide bonds. The Bertz CT molecular complexity index is 655. The molecule has 0 saturated heterocycles. The molecular formula is C12H17N3O5S. The van der Waals surface area contributed by atoms with Gasteiger partial charge in [-0.15, -0.1) is 0 Å². The van der Waals surface area contributed by atoms with Crippen molar-refractivity contribution in [2.45, 2.75) is 29.7 Å². The molecule has 1 aromatic carbocycles. The van der Waals surface area contributed by atoms with E-state index < -0.39 is 20.5 Å². The highest BCUT2D eigenvalue weighted by Gasteiger charge is 2.34. The molecule has 0 aliphatic heterocycles. The van der Waals surface area contributed by atoms with Crippen molar-refractivity contribution in [1.82, 2.24) is 4.72 Å². The predicted molar refractivity (Wildman–Crippen MR) is 75.6 cm³/mol. The van der Waals surface area contributed by atoms with Crippen molar-refractivity contribution in [3.05, 3.63) is 28.3 Å². The molecular weight excluding hydrogens is 298 g/mol. The van der Waals surface area contributed by atoms with Crippen molar-refractivity contribution < 1.29 is 18.1 Å². The van der Waals surface area contributed by atoms with Gasteiger partial charge in [0.25, 0.3) is 5.69 Å². The van der Waals surface area contributed by atoms with Gasteiger partial charge in [0.1, 0.15) is 10.6 Å². The second kappa shape index (κ2) is 5.58. The monoisotopic (exact) mass is 315 g/mol. The van der Waals surface area contributed by atoms with E-state index in [0.29, 0.717) is 0 Å². The summed E-state index contributed by atoms with van der Waals surface area (Å²) in [6.07, 6.45) is 2.53. The van der Waals surface area contributed by atoms with Gasteiger partial charge in [0.15, 0.2) is 0 Å². The van der Waals surface area contributed by atoms with Crippen LogP contribution in [0.5, 0.6) is 5.75 Å². The molecule has 1 aliphatic rings. The molecule has 8 nitrogen and oxygen atoms in total. The molecule has 0 spiro atoms. The normalized spacial score (nSPS) is 17.0. The summed E-state index contributed by atoms with van der Waals surface area (Å²) < 4.78 is 31.9. The van der Waals surface area contributed by atoms with Gasteiger partial charge in [-0.3, -0.25) is 10.1 Å². The molecule has 3 N–H and O–H groups in total. The largest absolute Gasteiger partial charge is 0.495 e. The van der Waals surface area contributed by atoms with Crippen LogP contribution >= 0.6 is 0 Å². The molecule has 0 bridgehead atoms. The van der Waals surface area contributed by atoms with E-state index in [-0.39, 0.29) is 22.9 Å². The first kappa shape index (κ1) is 15.7. The van der Waals surface area contributed by atoms with E-state index in [2.05, 4.69) is 4.72 Å². The Morgan fingerprint density at radius 2 is 2.14 bits per heavy atom. The fourth-order valence-electron chi connectivity index (χ4n) is 2.12. The van der Waals surface area contributed by atoms with Gasteiger partial charge < -0.3 is 10.5 Å². The highest BCUT2D eigenvalue weighted by molar-refractivity contribution is 7.89. The van der Waals surface area contributed by atoms with Gasteiger partial charge in [-0.05, 0) is 25.3 Å². The Balaban J connectivity index is 2.24. The number of nitrogens with two attached hydrogens (primary N) is 1. The number of non-ortho nitro benzene ring substituents is 1. The zero-order valence-corrected chi connectivity index (χ0v) is 12.4. The van der Waals surface area contributed by atoms with E-state index in [1.807, 2.05) is 0 Å². The Morgan fingerprint density at radius 1 is 1.48 bits per heavy atom. The van der Waals surface area contributed by atoms with Gasteiger partial charge in [-0.1, -0.05) is 0 Å². The van der Waals surface area contributed by atoms with E-state index in [4.69, 9.17) is 10.5 Å². The molecule has 0 aromatic heterocycles. The van der Waals surface area contributed by atoms with E-state index in [0.717, 1.165) is 37.5 Å². The molecule has 1 aliphatic carbocycles. The van der Waals surface area contributed by atoms with Crippen LogP contribution in [-0.4, -0.2) is 32.5 Å². The highest BCUT2D eigenvalue weighted by Crippen LogP contribution is 2.31. The van der Waals surface area contributed by atoms with Crippen molar-refractivity contribution in [2.24, 2.45) is 5.73 Å². The van der Waals surface area contributed by atoms with Crippen molar-refractivity contribution >= 4 is 15.7 Å². The lowest BCUT2D eigenvalue weighted by molar-refractivity contribution is -0.385. The maximum atomic E-state index is 12.3. The molecule has 116 valence electrons. The van der Waals surface area contributed by atoms with Crippen molar-refractivity contribution in [2.75, 3.05) is 13.7 Å². The summed E-state index contributed by atoms with van der Waals surface area (Å²) in [4.78, 5) is 9.95. The summed E-state index contributed by atoms with van der Waals surface area (Å²) in [5, 5.41) is 10.7. The zero-order chi connectivity index (χ0) is 15.7. The smallest absolute Gasteiger partial charge is 0.273 e. The van der Waals surface area contributed by atoms with Gasteiger partial charge in [0.2, 0.25) is 10.0 Å². The number of rotatable bonds is 6. The second-order valence-electron chi connectivity index (χ2n) is 5.13. The number of ether oxygens (including phenoxy) is 1. The first-order chi connectivity index (χ1) is 9.77. The minimum absolute atomic E-state index is 0.0728. The molecule has 0 heterocycles. The van der Waals surface area contributed by atoms with Crippen LogP contribution in [-0.2, 0) is 10.0 Å². The average molecular weight is 315 g/mol. The first-order valence-corrected chi connectivity index (χ1v) is 7.87. The molecule has 2 rings (SSSR count). The standard InChI is InChI=1S/C12H17N3O5S/c1-20-10-7-9(15(16)17)3-4-11(10)21(18,19)14-8-12(13)5-2-6-12/h3-4,7,14H,2,5-6,8,13H2,1H3. The van der Waals surface area contributed by atoms with Gasteiger partial charge in [0.05, 0.1) is 18.1 Å². The third-order valence-corrected chi connectivity index (χ3v) is 5.05. The molecule has 21 heavy (non-hydrogen) atoms. The summed E-state index contributed by atoms with van der Waals surface area (Å²) in [6, 6.07) is 3.36. The van der Waals surface area contributed by atoms with E-state index >= 15 is 0 Å². The summed E-state index contributed by atoms with van der Waals surface area (Å²) in [5.41, 5.74) is 5.24. The predicted octanol–water partition coefficient (Wildman–Crippen LogP) is 0.763. The molecule has 9 heteroatoms. The third kappa shape index (κ3) is 3.31. The van der Waals surface area contributed by atoms with Crippen molar-refractivity contribution in [3.63, 3.8) is 0 Å². The zero-order valence-electron chi connectivity index (χ0n) is 11.5. The molecule has 0 atom stereocenters. The van der Waals surface area contributed by atoms with Gasteiger partial charge in [-0.2, -0.15) is 0 Å². The summed E-state index contributed by atoms with van der Waals surface area (Å²) in [7, 11) is -2.57. The minimum atomic E-state index is -3.83. The van der Waals surface area contributed by atoms with Crippen molar-refractivity contribution in [3.8, 4) is 5.75 Å². The SMILES string of the molecule is COc1cc([N+](=O)[O-])ccc1S(=O)(=O)NCC1(N)CCC1. The van der Waals surface area contributed by atoms with E-state index in [1.165, 1.54) is 7.11 Å². The van der Waals surface area contributed by atoms with Crippen LogP contribution in [0, 0.1) is 10.1 Å². The summed E-state index contributed by atoms with van der Waals surface area (Å²) in [6.45, 7) is 0.134. The molecule has 1 aromatic rings. The fraction of sp³-hybridized carbons (Fsp3) is 0.500. The Morgan fingerprint density at radius 3 is 2.62 bits per heavy atom. The van der Waals surface area contributed by atoms with Crippen LogP contribution in [0.25, 0.3) is 0 Å². The number of nitro benzene ring substituents is 1. The highest BCUT2D eigenvalue weighted by atomic mass is 32.2. The van der Waals surface area contributed by atoms with Crippen LogP contribution in [0.4, 0.5) is 5.69 Å². The van der Waals surface area contributed by atoms with Crippen LogP contribution in [0.3, 0.4) is 0 Å². The maximum absolute atomic E-state index is 12.3. The molecule has 1 fully saturated rings. The third-order valence-electron chi connectivity index (χ3n) is 3.61. The number of hydrogen-bond donors (Lipinski definition) is 2. The number of methoxy groups -OCH3 is 1. The van der Waals surface area contributed by atoms with Crippen LogP contribution in [0.1, 0.15) is 19.3 Å². The number of nitrogens with one attached hydrogen (secondary N) is 1. The fourth-order valence-corrected chi connectivity index (χ4v) is 3.40. The second-order valence-corrected chi connectivity index (χ2v) is 6.87. The topological polar surface area (TPSA) is 125 Å². The quantitative estimate of drug-likeness (QED) is 0.590.